The van der Waals surface area contributed by atoms with Crippen molar-refractivity contribution in [2.75, 3.05) is 0 Å². The summed E-state index contributed by atoms with van der Waals surface area (Å²) < 4.78 is 10.8. The van der Waals surface area contributed by atoms with Gasteiger partial charge in [-0.2, -0.15) is 5.26 Å². The second-order valence-electron chi connectivity index (χ2n) is 5.62. The van der Waals surface area contributed by atoms with Crippen LogP contribution in [0.25, 0.3) is 0 Å². The van der Waals surface area contributed by atoms with Crippen LogP contribution in [-0.4, -0.2) is 29.9 Å². The Labute approximate surface area is 101 Å². The van der Waals surface area contributed by atoms with E-state index < -0.39 is 11.7 Å². The van der Waals surface area contributed by atoms with Crippen molar-refractivity contribution < 1.29 is 14.3 Å². The van der Waals surface area contributed by atoms with Crippen LogP contribution in [0.3, 0.4) is 0 Å². The van der Waals surface area contributed by atoms with Crippen molar-refractivity contribution >= 4 is 6.09 Å². The van der Waals surface area contributed by atoms with Crippen LogP contribution in [0.1, 0.15) is 33.6 Å². The summed E-state index contributed by atoms with van der Waals surface area (Å²) in [6.45, 7) is 5.43. The molecule has 0 aliphatic carbocycles. The number of nitriles is 1. The molecule has 4 atom stereocenters. The lowest BCUT2D eigenvalue weighted by atomic mass is 9.85. The summed E-state index contributed by atoms with van der Waals surface area (Å²) in [6, 6.07) is 1.99. The van der Waals surface area contributed by atoms with Crippen LogP contribution in [0, 0.1) is 17.2 Å². The Morgan fingerprint density at radius 1 is 1.41 bits per heavy atom. The highest BCUT2D eigenvalue weighted by Gasteiger charge is 2.50. The fourth-order valence-electron chi connectivity index (χ4n) is 2.47. The van der Waals surface area contributed by atoms with Gasteiger partial charge in [-0.3, -0.25) is 0 Å². The number of fused-ring (bicyclic) bond motifs is 2. The van der Waals surface area contributed by atoms with Crippen LogP contribution in [0.15, 0.2) is 0 Å². The zero-order valence-electron chi connectivity index (χ0n) is 10.4. The van der Waals surface area contributed by atoms with Gasteiger partial charge in [0, 0.05) is 0 Å². The number of ether oxygens (including phenoxy) is 2. The van der Waals surface area contributed by atoms with E-state index in [0.29, 0.717) is 0 Å². The second kappa shape index (κ2) is 4.19. The summed E-state index contributed by atoms with van der Waals surface area (Å²) in [5.41, 5.74) is -0.523. The number of rotatable bonds is 1. The first-order valence-corrected chi connectivity index (χ1v) is 5.95. The minimum atomic E-state index is -0.523. The number of hydrogen-bond donors (Lipinski definition) is 1. The molecule has 0 aromatic heterocycles. The van der Waals surface area contributed by atoms with Crippen molar-refractivity contribution in [1.29, 1.82) is 5.26 Å². The van der Waals surface area contributed by atoms with Crippen molar-refractivity contribution in [1.82, 2.24) is 5.32 Å². The molecule has 2 rings (SSSR count). The molecule has 0 aromatic carbocycles. The predicted octanol–water partition coefficient (Wildman–Crippen LogP) is 1.58. The maximum absolute atomic E-state index is 11.7. The zero-order valence-corrected chi connectivity index (χ0v) is 10.4. The number of hydrogen-bond acceptors (Lipinski definition) is 4. The maximum Gasteiger partial charge on any atom is 0.408 e. The van der Waals surface area contributed by atoms with Crippen LogP contribution in [0.5, 0.6) is 0 Å². The number of carbonyl (C=O) groups excluding carboxylic acids is 1. The predicted molar refractivity (Wildman–Crippen MR) is 60.2 cm³/mol. The summed E-state index contributed by atoms with van der Waals surface area (Å²) in [5, 5.41) is 11.8. The van der Waals surface area contributed by atoms with Gasteiger partial charge in [-0.05, 0) is 33.6 Å². The summed E-state index contributed by atoms with van der Waals surface area (Å²) >= 11 is 0. The van der Waals surface area contributed by atoms with Crippen LogP contribution in [0.4, 0.5) is 4.79 Å². The average molecular weight is 238 g/mol. The van der Waals surface area contributed by atoms with E-state index in [2.05, 4.69) is 11.4 Å². The minimum Gasteiger partial charge on any atom is -0.444 e. The van der Waals surface area contributed by atoms with Gasteiger partial charge >= 0.3 is 6.09 Å². The van der Waals surface area contributed by atoms with Crippen LogP contribution >= 0.6 is 0 Å². The molecular formula is C12H18N2O3. The Kier molecular flexibility index (Phi) is 3.00. The quantitative estimate of drug-likeness (QED) is 0.752. The summed E-state index contributed by atoms with van der Waals surface area (Å²) in [6.07, 6.45) is 1.29. The smallest absolute Gasteiger partial charge is 0.408 e. The average Bonchev–Trinajstić information content (AvgIpc) is 2.74. The van der Waals surface area contributed by atoms with Gasteiger partial charge in [0.15, 0.2) is 0 Å². The Bertz CT molecular complexity index is 356. The first kappa shape index (κ1) is 12.2. The lowest BCUT2D eigenvalue weighted by Gasteiger charge is -2.26. The highest BCUT2D eigenvalue weighted by molar-refractivity contribution is 5.68. The molecule has 0 spiro atoms. The van der Waals surface area contributed by atoms with E-state index in [-0.39, 0.29) is 24.2 Å². The van der Waals surface area contributed by atoms with Gasteiger partial charge in [-0.1, -0.05) is 0 Å². The molecule has 2 saturated heterocycles. The number of nitrogens with one attached hydrogen (secondary N) is 1. The molecule has 5 nitrogen and oxygen atoms in total. The fourth-order valence-corrected chi connectivity index (χ4v) is 2.47. The third kappa shape index (κ3) is 2.52. The van der Waals surface area contributed by atoms with Crippen molar-refractivity contribution in [3.8, 4) is 6.07 Å². The molecule has 2 heterocycles. The molecule has 2 fully saturated rings. The number of alkyl carbamates (subject to hydrolysis) is 1. The minimum absolute atomic E-state index is 0.0232. The molecule has 4 unspecified atom stereocenters. The Balaban J connectivity index is 1.95. The molecule has 1 N–H and O–H groups in total. The van der Waals surface area contributed by atoms with E-state index in [9.17, 15) is 4.79 Å². The zero-order chi connectivity index (χ0) is 12.6. The van der Waals surface area contributed by atoms with E-state index in [1.807, 2.05) is 20.8 Å². The fraction of sp³-hybridized carbons (Fsp3) is 0.833. The largest absolute Gasteiger partial charge is 0.444 e. The summed E-state index contributed by atoms with van der Waals surface area (Å²) in [5.74, 6) is -0.249. The van der Waals surface area contributed by atoms with Gasteiger partial charge in [0.2, 0.25) is 0 Å². The van der Waals surface area contributed by atoms with E-state index in [1.165, 1.54) is 0 Å². The molecule has 94 valence electrons. The van der Waals surface area contributed by atoms with Gasteiger partial charge in [0.25, 0.3) is 0 Å². The second-order valence-corrected chi connectivity index (χ2v) is 5.62. The topological polar surface area (TPSA) is 71.3 Å². The number of amides is 1. The van der Waals surface area contributed by atoms with Gasteiger partial charge in [-0.25, -0.2) is 4.79 Å². The maximum atomic E-state index is 11.7. The van der Waals surface area contributed by atoms with Gasteiger partial charge in [0.05, 0.1) is 30.2 Å². The molecule has 2 aliphatic heterocycles. The molecule has 0 aromatic rings. The van der Waals surface area contributed by atoms with Crippen molar-refractivity contribution in [2.24, 2.45) is 5.92 Å². The van der Waals surface area contributed by atoms with E-state index in [0.717, 1.165) is 12.8 Å². The molecule has 0 radical (unpaired) electrons. The first-order chi connectivity index (χ1) is 7.90. The van der Waals surface area contributed by atoms with Crippen LogP contribution in [0.2, 0.25) is 0 Å². The lowest BCUT2D eigenvalue weighted by Crippen LogP contribution is -2.48. The normalized spacial score (nSPS) is 35.4. The molecule has 1 amide bonds. The van der Waals surface area contributed by atoms with Crippen molar-refractivity contribution in [3.05, 3.63) is 0 Å². The SMILES string of the molecule is CC(C)(C)OC(=O)NC1C2CCC(O2)C1C#N. The Morgan fingerprint density at radius 3 is 2.65 bits per heavy atom. The number of carbonyl (C=O) groups is 1. The van der Waals surface area contributed by atoms with E-state index in [1.54, 1.807) is 0 Å². The highest BCUT2D eigenvalue weighted by Crippen LogP contribution is 2.38. The Hall–Kier alpha value is -1.28. The lowest BCUT2D eigenvalue weighted by molar-refractivity contribution is 0.0459. The number of nitrogens with zero attached hydrogens (tertiary/aromatic N) is 1. The molecular weight excluding hydrogens is 220 g/mol. The monoisotopic (exact) mass is 238 g/mol. The summed E-state index contributed by atoms with van der Waals surface area (Å²) in [4.78, 5) is 11.7. The van der Waals surface area contributed by atoms with Crippen molar-refractivity contribution in [3.63, 3.8) is 0 Å². The molecule has 5 heteroatoms. The molecule has 2 aliphatic rings. The van der Waals surface area contributed by atoms with Crippen LogP contribution in [-0.2, 0) is 9.47 Å². The molecule has 0 saturated carbocycles. The third-order valence-corrected chi connectivity index (χ3v) is 3.11. The van der Waals surface area contributed by atoms with Crippen molar-refractivity contribution in [2.45, 2.75) is 57.5 Å². The van der Waals surface area contributed by atoms with E-state index in [4.69, 9.17) is 14.7 Å². The van der Waals surface area contributed by atoms with Gasteiger partial charge in [0.1, 0.15) is 5.60 Å². The van der Waals surface area contributed by atoms with E-state index >= 15 is 0 Å². The standard InChI is InChI=1S/C12H18N2O3/c1-12(2,3)17-11(15)14-10-7(6-13)8-4-5-9(10)16-8/h7-10H,4-5H2,1-3H3,(H,14,15). The third-order valence-electron chi connectivity index (χ3n) is 3.11. The van der Waals surface area contributed by atoms with Gasteiger partial charge in [-0.15, -0.1) is 0 Å². The van der Waals surface area contributed by atoms with Crippen LogP contribution < -0.4 is 5.32 Å². The highest BCUT2D eigenvalue weighted by atomic mass is 16.6. The summed E-state index contributed by atoms with van der Waals surface area (Å²) in [7, 11) is 0. The first-order valence-electron chi connectivity index (χ1n) is 5.95. The Morgan fingerprint density at radius 2 is 2.06 bits per heavy atom. The molecule has 17 heavy (non-hydrogen) atoms. The van der Waals surface area contributed by atoms with Gasteiger partial charge < -0.3 is 14.8 Å². The molecule has 2 bridgehead atoms.